The highest BCUT2D eigenvalue weighted by Crippen LogP contribution is 2.24. The zero-order chi connectivity index (χ0) is 14.4. The van der Waals surface area contributed by atoms with E-state index in [1.807, 2.05) is 0 Å². The van der Waals surface area contributed by atoms with Crippen molar-refractivity contribution in [3.63, 3.8) is 0 Å². The van der Waals surface area contributed by atoms with Gasteiger partial charge in [0.05, 0.1) is 0 Å². The zero-order valence-corrected chi connectivity index (χ0v) is 15.4. The summed E-state index contributed by atoms with van der Waals surface area (Å²) in [5.41, 5.74) is 5.85. The Morgan fingerprint density at radius 3 is 2.41 bits per heavy atom. The SMILES string of the molecule is CN(CCCNC(=O)C1CCC(N)C1)C1CCCCC1.Cl.Cl. The maximum absolute atomic E-state index is 12.0. The summed E-state index contributed by atoms with van der Waals surface area (Å²) in [5, 5.41) is 3.08. The van der Waals surface area contributed by atoms with Crippen molar-refractivity contribution in [3.8, 4) is 0 Å². The van der Waals surface area contributed by atoms with Gasteiger partial charge in [0.25, 0.3) is 0 Å². The molecule has 0 radical (unpaired) electrons. The van der Waals surface area contributed by atoms with Gasteiger partial charge in [0, 0.05) is 24.5 Å². The van der Waals surface area contributed by atoms with Crippen LogP contribution in [0, 0.1) is 5.92 Å². The molecule has 1 amide bonds. The fourth-order valence-corrected chi connectivity index (χ4v) is 3.64. The smallest absolute Gasteiger partial charge is 0.223 e. The van der Waals surface area contributed by atoms with Crippen LogP contribution in [0.2, 0.25) is 0 Å². The summed E-state index contributed by atoms with van der Waals surface area (Å²) in [6.07, 6.45) is 10.8. The van der Waals surface area contributed by atoms with Crippen LogP contribution < -0.4 is 11.1 Å². The van der Waals surface area contributed by atoms with Crippen molar-refractivity contribution in [2.24, 2.45) is 11.7 Å². The van der Waals surface area contributed by atoms with Gasteiger partial charge in [-0.3, -0.25) is 4.79 Å². The van der Waals surface area contributed by atoms with Crippen molar-refractivity contribution >= 4 is 30.7 Å². The van der Waals surface area contributed by atoms with E-state index in [9.17, 15) is 4.79 Å². The number of hydrogen-bond donors (Lipinski definition) is 2. The Labute approximate surface area is 147 Å². The standard InChI is InChI=1S/C16H31N3O.2ClH/c1-19(15-6-3-2-4-7-15)11-5-10-18-16(20)13-8-9-14(17)12-13;;/h13-15H,2-12,17H2,1H3,(H,18,20);2*1H. The second-order valence-electron chi connectivity index (χ2n) is 6.69. The van der Waals surface area contributed by atoms with Crippen LogP contribution in [0.25, 0.3) is 0 Å². The van der Waals surface area contributed by atoms with Crippen molar-refractivity contribution in [1.29, 1.82) is 0 Å². The summed E-state index contributed by atoms with van der Waals surface area (Å²) in [7, 11) is 2.23. The fourth-order valence-electron chi connectivity index (χ4n) is 3.64. The van der Waals surface area contributed by atoms with E-state index in [2.05, 4.69) is 17.3 Å². The summed E-state index contributed by atoms with van der Waals surface area (Å²) in [5.74, 6) is 0.388. The van der Waals surface area contributed by atoms with Crippen LogP contribution in [-0.2, 0) is 4.79 Å². The second-order valence-corrected chi connectivity index (χ2v) is 6.69. The van der Waals surface area contributed by atoms with Gasteiger partial charge < -0.3 is 16.0 Å². The maximum atomic E-state index is 12.0. The number of halogens is 2. The molecular formula is C16H33Cl2N3O. The molecule has 4 nitrogen and oxygen atoms in total. The molecule has 0 saturated heterocycles. The Bertz CT molecular complexity index is 312. The van der Waals surface area contributed by atoms with E-state index < -0.39 is 0 Å². The summed E-state index contributed by atoms with van der Waals surface area (Å²) in [4.78, 5) is 14.4. The zero-order valence-electron chi connectivity index (χ0n) is 13.8. The Morgan fingerprint density at radius 1 is 1.14 bits per heavy atom. The summed E-state index contributed by atoms with van der Waals surface area (Å²) < 4.78 is 0. The number of carbonyl (C=O) groups is 1. The van der Waals surface area contributed by atoms with Crippen LogP contribution in [-0.4, -0.2) is 43.0 Å². The van der Waals surface area contributed by atoms with Gasteiger partial charge in [0.15, 0.2) is 0 Å². The van der Waals surface area contributed by atoms with Crippen LogP contribution in [0.4, 0.5) is 0 Å². The van der Waals surface area contributed by atoms with E-state index in [0.717, 1.165) is 44.8 Å². The normalized spacial score (nSPS) is 25.4. The number of rotatable bonds is 6. The highest BCUT2D eigenvalue weighted by molar-refractivity contribution is 5.85. The molecule has 2 aliphatic rings. The topological polar surface area (TPSA) is 58.4 Å². The number of amides is 1. The lowest BCUT2D eigenvalue weighted by Gasteiger charge is -2.31. The van der Waals surface area contributed by atoms with Gasteiger partial charge in [0.2, 0.25) is 5.91 Å². The van der Waals surface area contributed by atoms with Crippen LogP contribution in [0.15, 0.2) is 0 Å². The first-order valence-electron chi connectivity index (χ1n) is 8.40. The molecule has 0 aromatic rings. The third-order valence-corrected chi connectivity index (χ3v) is 5.03. The van der Waals surface area contributed by atoms with Gasteiger partial charge in [-0.25, -0.2) is 0 Å². The highest BCUT2D eigenvalue weighted by atomic mass is 35.5. The maximum Gasteiger partial charge on any atom is 0.223 e. The van der Waals surface area contributed by atoms with E-state index in [1.54, 1.807) is 0 Å². The van der Waals surface area contributed by atoms with E-state index in [4.69, 9.17) is 5.73 Å². The first-order chi connectivity index (χ1) is 9.66. The second kappa shape index (κ2) is 11.5. The summed E-state index contributed by atoms with van der Waals surface area (Å²) in [6, 6.07) is 1.01. The predicted octanol–water partition coefficient (Wildman–Crippen LogP) is 2.73. The van der Waals surface area contributed by atoms with Gasteiger partial charge in [-0.15, -0.1) is 24.8 Å². The minimum absolute atomic E-state index is 0. The third-order valence-electron chi connectivity index (χ3n) is 5.03. The van der Waals surface area contributed by atoms with Crippen LogP contribution in [0.1, 0.15) is 57.8 Å². The molecule has 2 saturated carbocycles. The lowest BCUT2D eigenvalue weighted by atomic mass is 9.94. The number of hydrogen-bond acceptors (Lipinski definition) is 3. The van der Waals surface area contributed by atoms with E-state index >= 15 is 0 Å². The number of carbonyl (C=O) groups excluding carboxylic acids is 1. The molecule has 3 N–H and O–H groups in total. The first kappa shape index (κ1) is 22.0. The minimum atomic E-state index is 0. The lowest BCUT2D eigenvalue weighted by Crippen LogP contribution is -2.36. The molecule has 2 aliphatic carbocycles. The lowest BCUT2D eigenvalue weighted by molar-refractivity contribution is -0.124. The van der Waals surface area contributed by atoms with Gasteiger partial charge in [0.1, 0.15) is 0 Å². The van der Waals surface area contributed by atoms with Gasteiger partial charge in [-0.2, -0.15) is 0 Å². The molecule has 0 spiro atoms. The molecule has 2 unspecified atom stereocenters. The molecule has 0 bridgehead atoms. The average molecular weight is 354 g/mol. The van der Waals surface area contributed by atoms with Crippen LogP contribution >= 0.6 is 24.8 Å². The van der Waals surface area contributed by atoms with E-state index in [1.165, 1.54) is 32.1 Å². The molecule has 2 rings (SSSR count). The van der Waals surface area contributed by atoms with Gasteiger partial charge in [-0.1, -0.05) is 19.3 Å². The first-order valence-corrected chi connectivity index (χ1v) is 8.40. The van der Waals surface area contributed by atoms with Crippen molar-refractivity contribution < 1.29 is 4.79 Å². The van der Waals surface area contributed by atoms with Crippen molar-refractivity contribution in [2.75, 3.05) is 20.1 Å². The molecule has 0 aromatic heterocycles. The largest absolute Gasteiger partial charge is 0.356 e. The molecule has 0 aliphatic heterocycles. The van der Waals surface area contributed by atoms with Crippen molar-refractivity contribution in [3.05, 3.63) is 0 Å². The number of nitrogens with two attached hydrogens (primary N) is 1. The summed E-state index contributed by atoms with van der Waals surface area (Å²) >= 11 is 0. The molecule has 0 aromatic carbocycles. The third kappa shape index (κ3) is 7.03. The van der Waals surface area contributed by atoms with Crippen molar-refractivity contribution in [1.82, 2.24) is 10.2 Å². The average Bonchev–Trinajstić information content (AvgIpc) is 2.91. The number of nitrogens with one attached hydrogen (secondary N) is 1. The Balaban J connectivity index is 0.00000220. The Hall–Kier alpha value is -0.0300. The number of nitrogens with zero attached hydrogens (tertiary/aromatic N) is 1. The molecule has 0 heterocycles. The van der Waals surface area contributed by atoms with Crippen molar-refractivity contribution in [2.45, 2.75) is 69.9 Å². The fraction of sp³-hybridized carbons (Fsp3) is 0.938. The molecule has 22 heavy (non-hydrogen) atoms. The monoisotopic (exact) mass is 353 g/mol. The molecule has 132 valence electrons. The van der Waals surface area contributed by atoms with Gasteiger partial charge >= 0.3 is 0 Å². The van der Waals surface area contributed by atoms with E-state index in [0.29, 0.717) is 0 Å². The Kier molecular flexibility index (Phi) is 11.5. The highest BCUT2D eigenvalue weighted by Gasteiger charge is 2.27. The minimum Gasteiger partial charge on any atom is -0.356 e. The summed E-state index contributed by atoms with van der Waals surface area (Å²) in [6.45, 7) is 1.90. The predicted molar refractivity (Wildman–Crippen MR) is 96.9 cm³/mol. The molecule has 2 fully saturated rings. The van der Waals surface area contributed by atoms with Crippen LogP contribution in [0.5, 0.6) is 0 Å². The molecule has 2 atom stereocenters. The van der Waals surface area contributed by atoms with Gasteiger partial charge in [-0.05, 0) is 52.1 Å². The quantitative estimate of drug-likeness (QED) is 0.721. The molecule has 6 heteroatoms. The molecular weight excluding hydrogens is 321 g/mol. The Morgan fingerprint density at radius 2 is 1.82 bits per heavy atom. The van der Waals surface area contributed by atoms with Crippen LogP contribution in [0.3, 0.4) is 0 Å². The van der Waals surface area contributed by atoms with E-state index in [-0.39, 0.29) is 42.7 Å².